The first-order valence-corrected chi connectivity index (χ1v) is 17.5. The molecule has 0 saturated carbocycles. The van der Waals surface area contributed by atoms with Crippen LogP contribution in [0.25, 0.3) is 10.8 Å². The van der Waals surface area contributed by atoms with E-state index >= 15 is 0 Å². The normalized spacial score (nSPS) is 15.8. The van der Waals surface area contributed by atoms with Crippen LogP contribution in [-0.2, 0) is 28.6 Å². The van der Waals surface area contributed by atoms with Crippen LogP contribution in [-0.4, -0.2) is 53.6 Å². The minimum Gasteiger partial charge on any atom is -0.872 e. The largest absolute Gasteiger partial charge is 1.00 e. The fraction of sp³-hybridized carbons (Fsp3) is 0.235. The molecular weight excluding hydrogens is 674 g/mol. The Kier molecular flexibility index (Phi) is 14.6. The van der Waals surface area contributed by atoms with Crippen LogP contribution in [0.15, 0.2) is 117 Å². The number of nitrogens with zero attached hydrogens (tertiary/aromatic N) is 2. The van der Waals surface area contributed by atoms with Crippen molar-refractivity contribution in [2.24, 2.45) is 9.98 Å². The first kappa shape index (κ1) is 40.1. The van der Waals surface area contributed by atoms with E-state index in [2.05, 4.69) is 9.98 Å². The Morgan fingerprint density at radius 2 is 0.917 bits per heavy atom. The third-order valence-corrected chi connectivity index (χ3v) is 10.0. The molecule has 0 amide bonds. The molecular formula is C34H32N2Na2O8S2. The molecule has 10 nitrogen and oxygen atoms in total. The number of fused-ring (bicyclic) bond motifs is 2. The molecule has 240 valence electrons. The molecule has 0 radical (unpaired) electrons. The zero-order chi connectivity index (χ0) is 32.9. The fourth-order valence-corrected chi connectivity index (χ4v) is 6.86. The SMILES string of the molecule is CC(CCOS(=O)(=O)c1ccccc1)N=C1C=CC(=NC(C)CCOS(=O)(=O)c2ccccc2)c2c1c([O-])c1ccccc1c2[O-].[Na+].[Na+]. The molecule has 0 fully saturated rings. The molecule has 14 heteroatoms. The third kappa shape index (κ3) is 9.45. The van der Waals surface area contributed by atoms with Crippen molar-refractivity contribution in [2.45, 2.75) is 48.6 Å². The Bertz CT molecular complexity index is 1890. The molecule has 0 bridgehead atoms. The van der Waals surface area contributed by atoms with Crippen LogP contribution in [0.1, 0.15) is 37.8 Å². The summed E-state index contributed by atoms with van der Waals surface area (Å²) in [7, 11) is -7.87. The smallest absolute Gasteiger partial charge is 0.872 e. The quantitative estimate of drug-likeness (QED) is 0.128. The summed E-state index contributed by atoms with van der Waals surface area (Å²) in [4.78, 5) is 9.44. The van der Waals surface area contributed by atoms with Crippen LogP contribution in [0.5, 0.6) is 11.5 Å². The van der Waals surface area contributed by atoms with Crippen LogP contribution in [0.2, 0.25) is 0 Å². The minimum atomic E-state index is -3.93. The van der Waals surface area contributed by atoms with E-state index in [1.165, 1.54) is 24.3 Å². The van der Waals surface area contributed by atoms with Gasteiger partial charge in [0.05, 0.1) is 46.5 Å². The first-order chi connectivity index (χ1) is 22.0. The summed E-state index contributed by atoms with van der Waals surface area (Å²) in [6.07, 6.45) is 3.68. The van der Waals surface area contributed by atoms with Gasteiger partial charge in [0.1, 0.15) is 0 Å². The molecule has 1 aliphatic rings. The Hall–Kier alpha value is -2.36. The van der Waals surface area contributed by atoms with Crippen LogP contribution < -0.4 is 69.3 Å². The number of benzene rings is 4. The fourth-order valence-electron chi connectivity index (χ4n) is 4.98. The van der Waals surface area contributed by atoms with Crippen molar-refractivity contribution in [3.63, 3.8) is 0 Å². The van der Waals surface area contributed by atoms with E-state index in [0.29, 0.717) is 0 Å². The predicted molar refractivity (Wildman–Crippen MR) is 172 cm³/mol. The molecule has 0 aliphatic heterocycles. The standard InChI is InChI=1S/C34H34N2O8S2.2Na/c1-23(19-21-43-45(39,40)25-11-5-3-6-12-25)35-29-17-18-30(32-31(29)33(37)27-15-9-10-16-28(27)34(32)38)36-24(2)20-22-44-46(41,42)26-13-7-4-8-14-26;;/h3-18,23-24,37-38H,19-22H2,1-2H3;;/q;2*+1/p-2. The van der Waals surface area contributed by atoms with Gasteiger partial charge in [0, 0.05) is 11.1 Å². The van der Waals surface area contributed by atoms with Crippen molar-refractivity contribution in [2.75, 3.05) is 13.2 Å². The van der Waals surface area contributed by atoms with Crippen molar-refractivity contribution in [3.8, 4) is 11.5 Å². The molecule has 5 rings (SSSR count). The van der Waals surface area contributed by atoms with E-state index in [4.69, 9.17) is 8.37 Å². The minimum absolute atomic E-state index is 0. The van der Waals surface area contributed by atoms with Gasteiger partial charge in [-0.3, -0.25) is 18.4 Å². The third-order valence-electron chi connectivity index (χ3n) is 7.36. The zero-order valence-corrected chi connectivity index (χ0v) is 32.8. The Balaban J connectivity index is 0.00000312. The number of aliphatic imine (C=N–C) groups is 2. The molecule has 0 aromatic heterocycles. The van der Waals surface area contributed by atoms with Gasteiger partial charge in [-0.15, -0.1) is 0 Å². The zero-order valence-electron chi connectivity index (χ0n) is 27.2. The van der Waals surface area contributed by atoms with Crippen molar-refractivity contribution < 1.29 is 94.5 Å². The van der Waals surface area contributed by atoms with Gasteiger partial charge in [0.15, 0.2) is 0 Å². The Morgan fingerprint density at radius 3 is 1.27 bits per heavy atom. The molecule has 48 heavy (non-hydrogen) atoms. The number of hydrogen-bond donors (Lipinski definition) is 0. The maximum Gasteiger partial charge on any atom is 1.00 e. The van der Waals surface area contributed by atoms with Gasteiger partial charge in [-0.25, -0.2) is 0 Å². The molecule has 2 atom stereocenters. The van der Waals surface area contributed by atoms with Crippen LogP contribution in [0.4, 0.5) is 0 Å². The average Bonchev–Trinajstić information content (AvgIpc) is 3.05. The summed E-state index contributed by atoms with van der Waals surface area (Å²) in [6, 6.07) is 21.2. The van der Waals surface area contributed by atoms with Gasteiger partial charge in [-0.1, -0.05) is 72.2 Å². The monoisotopic (exact) mass is 706 g/mol. The Labute approximate surface area is 325 Å². The van der Waals surface area contributed by atoms with E-state index in [-0.39, 0.29) is 140 Å². The number of rotatable bonds is 12. The summed E-state index contributed by atoms with van der Waals surface area (Å²) in [5, 5.41) is 28.0. The molecule has 1 aliphatic carbocycles. The van der Waals surface area contributed by atoms with Crippen molar-refractivity contribution >= 4 is 42.4 Å². The molecule has 0 N–H and O–H groups in total. The summed E-state index contributed by atoms with van der Waals surface area (Å²) in [5.41, 5.74) is 0.796. The van der Waals surface area contributed by atoms with Gasteiger partial charge in [-0.2, -0.15) is 16.8 Å². The van der Waals surface area contributed by atoms with E-state index in [1.54, 1.807) is 86.7 Å². The van der Waals surface area contributed by atoms with E-state index in [9.17, 15) is 27.0 Å². The summed E-state index contributed by atoms with van der Waals surface area (Å²) < 4.78 is 60.3. The Morgan fingerprint density at radius 1 is 0.583 bits per heavy atom. The summed E-state index contributed by atoms with van der Waals surface area (Å²) >= 11 is 0. The van der Waals surface area contributed by atoms with Crippen molar-refractivity contribution in [3.05, 3.63) is 108 Å². The summed E-state index contributed by atoms with van der Waals surface area (Å²) in [6.45, 7) is 3.26. The number of allylic oxidation sites excluding steroid dienone is 2. The van der Waals surface area contributed by atoms with Crippen LogP contribution in [0.3, 0.4) is 0 Å². The molecule has 2 unspecified atom stereocenters. The van der Waals surface area contributed by atoms with Crippen molar-refractivity contribution in [1.29, 1.82) is 0 Å². The second-order valence-corrected chi connectivity index (χ2v) is 14.0. The van der Waals surface area contributed by atoms with Crippen molar-refractivity contribution in [1.82, 2.24) is 0 Å². The van der Waals surface area contributed by atoms with Gasteiger partial charge in [0.25, 0.3) is 20.2 Å². The van der Waals surface area contributed by atoms with E-state index in [0.717, 1.165) is 0 Å². The van der Waals surface area contributed by atoms with Gasteiger partial charge < -0.3 is 10.2 Å². The number of hydrogen-bond acceptors (Lipinski definition) is 10. The molecule has 0 heterocycles. The van der Waals surface area contributed by atoms with Gasteiger partial charge >= 0.3 is 59.1 Å². The maximum atomic E-state index is 13.8. The molecule has 0 saturated heterocycles. The van der Waals surface area contributed by atoms with E-state index < -0.39 is 32.3 Å². The van der Waals surface area contributed by atoms with Crippen LogP contribution in [0, 0.1) is 0 Å². The first-order valence-electron chi connectivity index (χ1n) is 14.6. The second-order valence-electron chi connectivity index (χ2n) is 10.8. The van der Waals surface area contributed by atoms with Gasteiger partial charge in [-0.05, 0) is 73.9 Å². The molecule has 0 spiro atoms. The predicted octanol–water partition coefficient (Wildman–Crippen LogP) is -1.49. The van der Waals surface area contributed by atoms with E-state index in [1.807, 2.05) is 0 Å². The van der Waals surface area contributed by atoms with Gasteiger partial charge in [0.2, 0.25) is 0 Å². The average molecular weight is 707 g/mol. The maximum absolute atomic E-state index is 13.8. The topological polar surface area (TPSA) is 158 Å². The summed E-state index contributed by atoms with van der Waals surface area (Å²) in [5.74, 6) is -0.748. The molecule has 4 aromatic rings. The molecule has 4 aromatic carbocycles. The van der Waals surface area contributed by atoms with Crippen LogP contribution >= 0.6 is 0 Å². The second kappa shape index (κ2) is 17.5.